The van der Waals surface area contributed by atoms with E-state index in [4.69, 9.17) is 21.1 Å². The molecule has 1 aliphatic rings. The lowest BCUT2D eigenvalue weighted by Gasteiger charge is -2.16. The molecule has 0 aromatic heterocycles. The van der Waals surface area contributed by atoms with Crippen LogP contribution in [-0.4, -0.2) is 28.7 Å². The van der Waals surface area contributed by atoms with E-state index in [-0.39, 0.29) is 40.4 Å². The van der Waals surface area contributed by atoms with E-state index in [9.17, 15) is 14.0 Å². The highest BCUT2D eigenvalue weighted by Gasteiger charge is 2.36. The van der Waals surface area contributed by atoms with Crippen molar-refractivity contribution in [3.8, 4) is 11.5 Å². The van der Waals surface area contributed by atoms with E-state index >= 15 is 0 Å². The van der Waals surface area contributed by atoms with E-state index in [1.807, 2.05) is 6.92 Å². The second-order valence-corrected chi connectivity index (χ2v) is 8.19. The number of thioether (sulfide) groups is 1. The molecule has 0 radical (unpaired) electrons. The van der Waals surface area contributed by atoms with Crippen molar-refractivity contribution in [2.24, 2.45) is 0 Å². The number of hydrogen-bond donors (Lipinski definition) is 0. The van der Waals surface area contributed by atoms with E-state index in [0.717, 1.165) is 11.8 Å². The van der Waals surface area contributed by atoms with Gasteiger partial charge in [0.05, 0.1) is 16.5 Å². The van der Waals surface area contributed by atoms with Crippen LogP contribution in [0, 0.1) is 5.82 Å². The zero-order valence-corrected chi connectivity index (χ0v) is 18.3. The molecule has 1 saturated heterocycles. The number of halogens is 2. The Hall–Kier alpha value is -2.51. The van der Waals surface area contributed by atoms with Crippen molar-refractivity contribution in [2.75, 3.05) is 6.61 Å². The van der Waals surface area contributed by atoms with Crippen molar-refractivity contribution >= 4 is 40.6 Å². The number of amides is 2. The van der Waals surface area contributed by atoms with Crippen molar-refractivity contribution in [3.63, 3.8) is 0 Å². The molecule has 2 amide bonds. The molecule has 2 aromatic carbocycles. The average Bonchev–Trinajstić information content (AvgIpc) is 2.96. The smallest absolute Gasteiger partial charge is 0.293 e. The summed E-state index contributed by atoms with van der Waals surface area (Å²) in [5, 5.41) is -0.0474. The summed E-state index contributed by atoms with van der Waals surface area (Å²) in [7, 11) is 0. The Kier molecular flexibility index (Phi) is 7.05. The minimum absolute atomic E-state index is 0.0148. The lowest BCUT2D eigenvalue weighted by atomic mass is 10.1. The summed E-state index contributed by atoms with van der Waals surface area (Å²) in [6.07, 6.45) is 1.60. The monoisotopic (exact) mass is 449 g/mol. The van der Waals surface area contributed by atoms with Gasteiger partial charge in [0.25, 0.3) is 11.1 Å². The molecule has 0 N–H and O–H groups in total. The molecule has 3 rings (SSSR count). The highest BCUT2D eigenvalue weighted by Crippen LogP contribution is 2.40. The summed E-state index contributed by atoms with van der Waals surface area (Å²) in [6, 6.07) is 9.38. The molecule has 158 valence electrons. The van der Waals surface area contributed by atoms with Gasteiger partial charge in [-0.05, 0) is 62.4 Å². The minimum atomic E-state index is -0.371. The fraction of sp³-hybridized carbons (Fsp3) is 0.273. The van der Waals surface area contributed by atoms with Crippen LogP contribution in [0.15, 0.2) is 41.3 Å². The van der Waals surface area contributed by atoms with Crippen molar-refractivity contribution in [2.45, 2.75) is 33.4 Å². The number of rotatable bonds is 7. The summed E-state index contributed by atoms with van der Waals surface area (Å²) < 4.78 is 25.3. The molecule has 0 bridgehead atoms. The van der Waals surface area contributed by atoms with Gasteiger partial charge in [-0.2, -0.15) is 0 Å². The largest absolute Gasteiger partial charge is 0.490 e. The number of carbonyl (C=O) groups excluding carboxylic acids is 2. The number of nitrogens with zero attached hydrogens (tertiary/aromatic N) is 1. The molecule has 30 heavy (non-hydrogen) atoms. The van der Waals surface area contributed by atoms with E-state index in [0.29, 0.717) is 28.4 Å². The Bertz CT molecular complexity index is 1010. The maximum absolute atomic E-state index is 13.9. The van der Waals surface area contributed by atoms with E-state index < -0.39 is 0 Å². The van der Waals surface area contributed by atoms with Gasteiger partial charge in [0, 0.05) is 11.6 Å². The summed E-state index contributed by atoms with van der Waals surface area (Å²) >= 11 is 7.29. The summed E-state index contributed by atoms with van der Waals surface area (Å²) in [4.78, 5) is 26.1. The van der Waals surface area contributed by atoms with Crippen LogP contribution in [0.3, 0.4) is 0 Å². The summed E-state index contributed by atoms with van der Waals surface area (Å²) in [5.74, 6) is -0.0528. The SMILES string of the molecule is CCOc1cc(/C=C2/SC(=O)N(C(C)C)C2=O)cc(Cl)c1OCc1ccccc1F. The number of carbonyl (C=O) groups is 2. The molecule has 8 heteroatoms. The lowest BCUT2D eigenvalue weighted by Crippen LogP contribution is -2.34. The molecule has 5 nitrogen and oxygen atoms in total. The first-order chi connectivity index (χ1) is 14.3. The predicted octanol–water partition coefficient (Wildman–Crippen LogP) is 5.90. The molecule has 1 heterocycles. The highest BCUT2D eigenvalue weighted by molar-refractivity contribution is 8.18. The van der Waals surface area contributed by atoms with Crippen LogP contribution in [0.1, 0.15) is 31.9 Å². The average molecular weight is 450 g/mol. The Labute approximate surface area is 183 Å². The lowest BCUT2D eigenvalue weighted by molar-refractivity contribution is -0.123. The predicted molar refractivity (Wildman–Crippen MR) is 116 cm³/mol. The third-order valence-electron chi connectivity index (χ3n) is 4.30. The van der Waals surface area contributed by atoms with Crippen LogP contribution in [0.25, 0.3) is 6.08 Å². The van der Waals surface area contributed by atoms with Crippen molar-refractivity contribution in [3.05, 3.63) is 63.3 Å². The highest BCUT2D eigenvalue weighted by atomic mass is 35.5. The van der Waals surface area contributed by atoms with Crippen molar-refractivity contribution in [1.82, 2.24) is 4.90 Å². The van der Waals surface area contributed by atoms with Crippen molar-refractivity contribution in [1.29, 1.82) is 0 Å². The number of imide groups is 1. The maximum Gasteiger partial charge on any atom is 0.293 e. The zero-order chi connectivity index (χ0) is 21.8. The molecule has 1 aliphatic heterocycles. The first-order valence-electron chi connectivity index (χ1n) is 9.41. The van der Waals surface area contributed by atoms with Gasteiger partial charge in [0.1, 0.15) is 12.4 Å². The second-order valence-electron chi connectivity index (χ2n) is 6.79. The van der Waals surface area contributed by atoms with Gasteiger partial charge < -0.3 is 9.47 Å². The standard InChI is InChI=1S/C22H21ClFNO4S/c1-4-28-18-10-14(11-19-21(26)25(13(2)3)22(27)30-19)9-16(23)20(18)29-12-15-7-5-6-8-17(15)24/h5-11,13H,4,12H2,1-3H3/b19-11+. The molecule has 1 fully saturated rings. The molecular formula is C22H21ClFNO4S. The molecule has 0 saturated carbocycles. The van der Waals surface area contributed by atoms with Crippen LogP contribution >= 0.6 is 23.4 Å². The maximum atomic E-state index is 13.9. The Morgan fingerprint density at radius 1 is 1.20 bits per heavy atom. The molecular weight excluding hydrogens is 429 g/mol. The summed E-state index contributed by atoms with van der Waals surface area (Å²) in [5.41, 5.74) is 0.985. The van der Waals surface area contributed by atoms with Crippen molar-refractivity contribution < 1.29 is 23.5 Å². The van der Waals surface area contributed by atoms with Gasteiger partial charge in [-0.3, -0.25) is 14.5 Å². The molecule has 0 atom stereocenters. The van der Waals surface area contributed by atoms with Gasteiger partial charge in [-0.25, -0.2) is 4.39 Å². The Balaban J connectivity index is 1.89. The van der Waals surface area contributed by atoms with E-state index in [2.05, 4.69) is 0 Å². The fourth-order valence-corrected chi connectivity index (χ4v) is 4.15. The number of hydrogen-bond acceptors (Lipinski definition) is 5. The zero-order valence-electron chi connectivity index (χ0n) is 16.8. The van der Waals surface area contributed by atoms with E-state index in [1.165, 1.54) is 11.0 Å². The quantitative estimate of drug-likeness (QED) is 0.492. The minimum Gasteiger partial charge on any atom is -0.490 e. The topological polar surface area (TPSA) is 55.8 Å². The van der Waals surface area contributed by atoms with Crippen LogP contribution in [0.5, 0.6) is 11.5 Å². The van der Waals surface area contributed by atoms with E-state index in [1.54, 1.807) is 50.3 Å². The third-order valence-corrected chi connectivity index (χ3v) is 5.46. The molecule has 2 aromatic rings. The Morgan fingerprint density at radius 2 is 1.93 bits per heavy atom. The number of benzene rings is 2. The molecule has 0 spiro atoms. The first-order valence-corrected chi connectivity index (χ1v) is 10.6. The second kappa shape index (κ2) is 9.53. The van der Waals surface area contributed by atoms with Crippen LogP contribution in [-0.2, 0) is 11.4 Å². The Morgan fingerprint density at radius 3 is 2.57 bits per heavy atom. The van der Waals surface area contributed by atoms with Crippen LogP contribution in [0.4, 0.5) is 9.18 Å². The fourth-order valence-electron chi connectivity index (χ4n) is 2.92. The molecule has 0 unspecified atom stereocenters. The van der Waals surface area contributed by atoms with Gasteiger partial charge in [0.2, 0.25) is 0 Å². The van der Waals surface area contributed by atoms with Crippen LogP contribution in [0.2, 0.25) is 5.02 Å². The van der Waals surface area contributed by atoms with Gasteiger partial charge in [-0.1, -0.05) is 29.8 Å². The third kappa shape index (κ3) is 4.79. The van der Waals surface area contributed by atoms with Crippen LogP contribution < -0.4 is 9.47 Å². The van der Waals surface area contributed by atoms with Gasteiger partial charge in [0.15, 0.2) is 11.5 Å². The van der Waals surface area contributed by atoms with Gasteiger partial charge >= 0.3 is 0 Å². The number of ether oxygens (including phenoxy) is 2. The first kappa shape index (κ1) is 22.2. The molecule has 0 aliphatic carbocycles. The summed E-state index contributed by atoms with van der Waals surface area (Å²) in [6.45, 7) is 5.73. The normalized spacial score (nSPS) is 15.4. The van der Waals surface area contributed by atoms with Gasteiger partial charge in [-0.15, -0.1) is 0 Å².